The number of aryl methyl sites for hydroxylation is 1. The number of anilines is 1. The Labute approximate surface area is 125 Å². The minimum absolute atomic E-state index is 0.144. The smallest absolute Gasteiger partial charge is 0.230 e. The van der Waals surface area contributed by atoms with E-state index < -0.39 is 0 Å². The minimum Gasteiger partial charge on any atom is -0.399 e. The van der Waals surface area contributed by atoms with E-state index in [-0.39, 0.29) is 5.91 Å². The van der Waals surface area contributed by atoms with E-state index in [2.05, 4.69) is 12.2 Å². The molecule has 20 heavy (non-hydrogen) atoms. The largest absolute Gasteiger partial charge is 0.399 e. The predicted molar refractivity (Wildman–Crippen MR) is 85.9 cm³/mol. The summed E-state index contributed by atoms with van der Waals surface area (Å²) in [5, 5.41) is 3.16. The summed E-state index contributed by atoms with van der Waals surface area (Å²) in [5.41, 5.74) is 7.63. The molecule has 1 saturated carbocycles. The lowest BCUT2D eigenvalue weighted by molar-refractivity contribution is -0.119. The highest BCUT2D eigenvalue weighted by atomic mass is 32.2. The quantitative estimate of drug-likeness (QED) is 0.661. The maximum atomic E-state index is 12.0. The average Bonchev–Trinajstić information content (AvgIpc) is 2.40. The molecule has 0 heterocycles. The summed E-state index contributed by atoms with van der Waals surface area (Å²) in [6, 6.07) is 6.20. The lowest BCUT2D eigenvalue weighted by Crippen LogP contribution is -2.38. The van der Waals surface area contributed by atoms with E-state index in [1.807, 2.05) is 25.1 Å². The maximum Gasteiger partial charge on any atom is 0.230 e. The molecule has 1 aliphatic rings. The van der Waals surface area contributed by atoms with Gasteiger partial charge in [-0.2, -0.15) is 0 Å². The Kier molecular flexibility index (Phi) is 5.35. The van der Waals surface area contributed by atoms with Crippen molar-refractivity contribution in [3.8, 4) is 0 Å². The molecule has 1 amide bonds. The van der Waals surface area contributed by atoms with Crippen LogP contribution in [0.3, 0.4) is 0 Å². The van der Waals surface area contributed by atoms with Crippen molar-refractivity contribution in [2.45, 2.75) is 50.5 Å². The van der Waals surface area contributed by atoms with Gasteiger partial charge in [-0.15, -0.1) is 11.8 Å². The molecule has 1 aliphatic carbocycles. The lowest BCUT2D eigenvalue weighted by atomic mass is 9.87. The number of amides is 1. The fraction of sp³-hybridized carbons (Fsp3) is 0.562. The molecular formula is C16H24N2OS. The van der Waals surface area contributed by atoms with Crippen LogP contribution in [-0.4, -0.2) is 17.7 Å². The summed E-state index contributed by atoms with van der Waals surface area (Å²) in [4.78, 5) is 13.1. The third-order valence-corrected chi connectivity index (χ3v) is 5.11. The van der Waals surface area contributed by atoms with Crippen LogP contribution in [-0.2, 0) is 4.79 Å². The summed E-state index contributed by atoms with van der Waals surface area (Å²) in [6.07, 6.45) is 4.71. The zero-order valence-electron chi connectivity index (χ0n) is 12.3. The minimum atomic E-state index is 0.144. The highest BCUT2D eigenvalue weighted by Crippen LogP contribution is 2.25. The monoisotopic (exact) mass is 292 g/mol. The van der Waals surface area contributed by atoms with Crippen molar-refractivity contribution in [3.05, 3.63) is 23.8 Å². The molecule has 3 nitrogen and oxygen atoms in total. The van der Waals surface area contributed by atoms with Crippen LogP contribution in [0.4, 0.5) is 5.69 Å². The zero-order chi connectivity index (χ0) is 14.5. The summed E-state index contributed by atoms with van der Waals surface area (Å²) in [6.45, 7) is 4.32. The number of rotatable bonds is 4. The van der Waals surface area contributed by atoms with Gasteiger partial charge in [-0.25, -0.2) is 0 Å². The van der Waals surface area contributed by atoms with Gasteiger partial charge in [0.25, 0.3) is 0 Å². The van der Waals surface area contributed by atoms with E-state index in [9.17, 15) is 4.79 Å². The van der Waals surface area contributed by atoms with Crippen LogP contribution in [0.25, 0.3) is 0 Å². The Morgan fingerprint density at radius 3 is 2.70 bits per heavy atom. The number of nitrogens with two attached hydrogens (primary N) is 1. The van der Waals surface area contributed by atoms with E-state index >= 15 is 0 Å². The summed E-state index contributed by atoms with van der Waals surface area (Å²) in [5.74, 6) is 1.44. The number of nitrogen functional groups attached to an aromatic ring is 1. The van der Waals surface area contributed by atoms with Crippen LogP contribution < -0.4 is 11.1 Å². The average molecular weight is 292 g/mol. The highest BCUT2D eigenvalue weighted by Gasteiger charge is 2.19. The lowest BCUT2D eigenvalue weighted by Gasteiger charge is -2.26. The first-order valence-corrected chi connectivity index (χ1v) is 8.31. The van der Waals surface area contributed by atoms with Gasteiger partial charge in [0.05, 0.1) is 5.75 Å². The molecule has 0 bridgehead atoms. The van der Waals surface area contributed by atoms with Crippen LogP contribution in [0.15, 0.2) is 23.1 Å². The van der Waals surface area contributed by atoms with Crippen LogP contribution in [0, 0.1) is 12.8 Å². The van der Waals surface area contributed by atoms with E-state index in [0.29, 0.717) is 11.8 Å². The Bertz CT molecular complexity index is 468. The third kappa shape index (κ3) is 4.44. The second-order valence-corrected chi connectivity index (χ2v) is 6.86. The Balaban J connectivity index is 1.77. The molecule has 0 aliphatic heterocycles. The van der Waals surface area contributed by atoms with Crippen LogP contribution in [0.5, 0.6) is 0 Å². The van der Waals surface area contributed by atoms with Gasteiger partial charge in [0, 0.05) is 16.6 Å². The molecule has 0 spiro atoms. The van der Waals surface area contributed by atoms with Crippen molar-refractivity contribution in [3.63, 3.8) is 0 Å². The Morgan fingerprint density at radius 1 is 1.35 bits per heavy atom. The molecule has 0 saturated heterocycles. The number of thioether (sulfide) groups is 1. The van der Waals surface area contributed by atoms with Crippen LogP contribution >= 0.6 is 11.8 Å². The molecule has 1 aromatic rings. The molecule has 110 valence electrons. The van der Waals surface area contributed by atoms with Gasteiger partial charge in [0.15, 0.2) is 0 Å². The first kappa shape index (κ1) is 15.2. The van der Waals surface area contributed by atoms with Gasteiger partial charge in [-0.3, -0.25) is 4.79 Å². The SMILES string of the molecule is Cc1cc(N)ccc1SCC(=O)NC1CCC(C)CC1. The van der Waals surface area contributed by atoms with Gasteiger partial charge < -0.3 is 11.1 Å². The molecular weight excluding hydrogens is 268 g/mol. The topological polar surface area (TPSA) is 55.1 Å². The number of benzene rings is 1. The van der Waals surface area contributed by atoms with Gasteiger partial charge in [0.2, 0.25) is 5.91 Å². The molecule has 3 N–H and O–H groups in total. The van der Waals surface area contributed by atoms with Gasteiger partial charge in [-0.1, -0.05) is 6.92 Å². The Hall–Kier alpha value is -1.16. The van der Waals surface area contributed by atoms with E-state index in [4.69, 9.17) is 5.73 Å². The molecule has 0 aromatic heterocycles. The molecule has 1 fully saturated rings. The fourth-order valence-corrected chi connectivity index (χ4v) is 3.47. The highest BCUT2D eigenvalue weighted by molar-refractivity contribution is 8.00. The molecule has 0 radical (unpaired) electrons. The van der Waals surface area contributed by atoms with Gasteiger partial charge in [-0.05, 0) is 62.3 Å². The van der Waals surface area contributed by atoms with Crippen molar-refractivity contribution in [2.24, 2.45) is 5.92 Å². The maximum absolute atomic E-state index is 12.0. The summed E-state index contributed by atoms with van der Waals surface area (Å²) >= 11 is 1.59. The molecule has 0 unspecified atom stereocenters. The van der Waals surface area contributed by atoms with Crippen molar-refractivity contribution >= 4 is 23.4 Å². The second kappa shape index (κ2) is 7.02. The number of carbonyl (C=O) groups excluding carboxylic acids is 1. The fourth-order valence-electron chi connectivity index (χ4n) is 2.65. The van der Waals surface area contributed by atoms with Crippen molar-refractivity contribution in [1.82, 2.24) is 5.32 Å². The second-order valence-electron chi connectivity index (χ2n) is 5.84. The van der Waals surface area contributed by atoms with Crippen molar-refractivity contribution in [2.75, 3.05) is 11.5 Å². The molecule has 2 rings (SSSR count). The predicted octanol–water partition coefficient (Wildman–Crippen LogP) is 3.36. The van der Waals surface area contributed by atoms with E-state index in [1.165, 1.54) is 12.8 Å². The normalized spacial score (nSPS) is 22.5. The third-order valence-electron chi connectivity index (χ3n) is 3.94. The van der Waals surface area contributed by atoms with Crippen molar-refractivity contribution in [1.29, 1.82) is 0 Å². The molecule has 0 atom stereocenters. The Morgan fingerprint density at radius 2 is 2.05 bits per heavy atom. The first-order chi connectivity index (χ1) is 9.54. The number of nitrogens with one attached hydrogen (secondary N) is 1. The standard InChI is InChI=1S/C16H24N2OS/c1-11-3-6-14(7-4-11)18-16(19)10-20-15-8-5-13(17)9-12(15)2/h5,8-9,11,14H,3-4,6-7,10,17H2,1-2H3,(H,18,19). The zero-order valence-corrected chi connectivity index (χ0v) is 13.1. The van der Waals surface area contributed by atoms with Gasteiger partial charge >= 0.3 is 0 Å². The van der Waals surface area contributed by atoms with Crippen LogP contribution in [0.2, 0.25) is 0 Å². The molecule has 4 heteroatoms. The van der Waals surface area contributed by atoms with E-state index in [1.54, 1.807) is 11.8 Å². The number of hydrogen-bond acceptors (Lipinski definition) is 3. The summed E-state index contributed by atoms with van der Waals surface area (Å²) < 4.78 is 0. The van der Waals surface area contributed by atoms with E-state index in [0.717, 1.165) is 34.9 Å². The van der Waals surface area contributed by atoms with Gasteiger partial charge in [0.1, 0.15) is 0 Å². The van der Waals surface area contributed by atoms with Crippen molar-refractivity contribution < 1.29 is 4.79 Å². The number of hydrogen-bond donors (Lipinski definition) is 2. The number of carbonyl (C=O) groups is 1. The first-order valence-electron chi connectivity index (χ1n) is 7.33. The molecule has 1 aromatic carbocycles. The summed E-state index contributed by atoms with van der Waals surface area (Å²) in [7, 11) is 0. The van der Waals surface area contributed by atoms with Crippen LogP contribution in [0.1, 0.15) is 38.2 Å².